The van der Waals surface area contributed by atoms with E-state index in [0.29, 0.717) is 17.9 Å². The highest BCUT2D eigenvalue weighted by atomic mass is 16.1. The summed E-state index contributed by atoms with van der Waals surface area (Å²) in [6.45, 7) is 2.17. The molecule has 4 nitrogen and oxygen atoms in total. The average Bonchev–Trinajstić information content (AvgIpc) is 2.57. The van der Waals surface area contributed by atoms with Crippen molar-refractivity contribution in [3.8, 4) is 0 Å². The number of hydrogen-bond donors (Lipinski definition) is 2. The molecule has 4 N–H and O–H groups in total. The second-order valence-corrected chi connectivity index (χ2v) is 4.78. The number of hydrogen-bond acceptors (Lipinski definition) is 1. The van der Waals surface area contributed by atoms with Gasteiger partial charge < -0.3 is 11.5 Å². The molecule has 0 bridgehead atoms. The van der Waals surface area contributed by atoms with Crippen molar-refractivity contribution in [1.82, 2.24) is 0 Å². The molecule has 0 aromatic heterocycles. The van der Waals surface area contributed by atoms with Crippen LogP contribution in [0.4, 0.5) is 0 Å². The van der Waals surface area contributed by atoms with E-state index in [0.717, 1.165) is 18.4 Å². The fraction of sp³-hybridized carbons (Fsp3) is 0.333. The largest absolute Gasteiger partial charge is 0.370 e. The first-order valence-corrected chi connectivity index (χ1v) is 6.55. The summed E-state index contributed by atoms with van der Waals surface area (Å²) in [6.07, 6.45) is 4.64. The molecule has 100 valence electrons. The lowest BCUT2D eigenvalue weighted by molar-refractivity contribution is -0.114. The summed E-state index contributed by atoms with van der Waals surface area (Å²) in [5.41, 5.74) is 13.6. The van der Waals surface area contributed by atoms with Crippen molar-refractivity contribution >= 4 is 17.9 Å². The molecule has 0 radical (unpaired) electrons. The van der Waals surface area contributed by atoms with Gasteiger partial charge in [-0.25, -0.2) is 0 Å². The molecular weight excluding hydrogens is 238 g/mol. The van der Waals surface area contributed by atoms with Gasteiger partial charge in [0.25, 0.3) is 5.91 Å². The van der Waals surface area contributed by atoms with E-state index in [1.807, 2.05) is 24.3 Å². The molecule has 2 rings (SSSR count). The predicted octanol–water partition coefficient (Wildman–Crippen LogP) is 2.16. The molecule has 4 heteroatoms. The van der Waals surface area contributed by atoms with Crippen LogP contribution in [0, 0.1) is 0 Å². The Labute approximate surface area is 113 Å². The maximum Gasteiger partial charge on any atom is 0.276 e. The summed E-state index contributed by atoms with van der Waals surface area (Å²) in [6, 6.07) is 8.19. The predicted molar refractivity (Wildman–Crippen MR) is 77.5 cm³/mol. The third kappa shape index (κ3) is 3.02. The van der Waals surface area contributed by atoms with Crippen LogP contribution in [-0.4, -0.2) is 11.9 Å². The maximum atomic E-state index is 12.0. The number of carbonyl (C=O) groups excluding carboxylic acids is 1. The van der Waals surface area contributed by atoms with Gasteiger partial charge in [-0.2, -0.15) is 4.99 Å². The zero-order valence-corrected chi connectivity index (χ0v) is 11.1. The van der Waals surface area contributed by atoms with E-state index in [2.05, 4.69) is 18.0 Å². The Hall–Kier alpha value is -2.10. The molecule has 1 atom stereocenters. The number of carbonyl (C=O) groups is 1. The minimum Gasteiger partial charge on any atom is -0.370 e. The quantitative estimate of drug-likeness (QED) is 0.629. The second kappa shape index (κ2) is 5.69. The van der Waals surface area contributed by atoms with Gasteiger partial charge in [-0.3, -0.25) is 4.79 Å². The number of amides is 1. The van der Waals surface area contributed by atoms with Gasteiger partial charge in [0.1, 0.15) is 0 Å². The molecule has 0 fully saturated rings. The van der Waals surface area contributed by atoms with E-state index < -0.39 is 0 Å². The SMILES string of the molecule is CCC1CCC(C(=O)N=C(N)N)=Cc2ccccc21. The molecule has 0 spiro atoms. The van der Waals surface area contributed by atoms with Crippen LogP contribution < -0.4 is 11.5 Å². The van der Waals surface area contributed by atoms with Crippen LogP contribution >= 0.6 is 0 Å². The van der Waals surface area contributed by atoms with E-state index in [4.69, 9.17) is 11.5 Å². The lowest BCUT2D eigenvalue weighted by atomic mass is 9.90. The van der Waals surface area contributed by atoms with E-state index in [9.17, 15) is 4.79 Å². The van der Waals surface area contributed by atoms with Crippen LogP contribution in [0.1, 0.15) is 43.2 Å². The van der Waals surface area contributed by atoms with Gasteiger partial charge in [0.15, 0.2) is 5.96 Å². The van der Waals surface area contributed by atoms with Crippen molar-refractivity contribution in [2.45, 2.75) is 32.1 Å². The number of benzene rings is 1. The van der Waals surface area contributed by atoms with Crippen molar-refractivity contribution in [2.75, 3.05) is 0 Å². The van der Waals surface area contributed by atoms with Crippen LogP contribution in [0.3, 0.4) is 0 Å². The van der Waals surface area contributed by atoms with Crippen molar-refractivity contribution in [1.29, 1.82) is 0 Å². The highest BCUT2D eigenvalue weighted by molar-refractivity contribution is 6.04. The summed E-state index contributed by atoms with van der Waals surface area (Å²) < 4.78 is 0. The first kappa shape index (κ1) is 13.3. The van der Waals surface area contributed by atoms with Gasteiger partial charge in [-0.15, -0.1) is 0 Å². The standard InChI is InChI=1S/C15H19N3O/c1-2-10-7-8-12(14(19)18-15(16)17)9-11-5-3-4-6-13(10)11/h3-6,9-10H,2,7-8H2,1H3,(H4,16,17,18,19). The average molecular weight is 257 g/mol. The highest BCUT2D eigenvalue weighted by Crippen LogP contribution is 2.34. The summed E-state index contributed by atoms with van der Waals surface area (Å²) in [5.74, 6) is -0.0287. The smallest absolute Gasteiger partial charge is 0.276 e. The molecule has 0 saturated heterocycles. The fourth-order valence-electron chi connectivity index (χ4n) is 2.54. The number of aliphatic imine (C=N–C) groups is 1. The van der Waals surface area contributed by atoms with Crippen LogP contribution in [-0.2, 0) is 4.79 Å². The van der Waals surface area contributed by atoms with E-state index in [1.165, 1.54) is 5.56 Å². The van der Waals surface area contributed by atoms with Crippen LogP contribution in [0.2, 0.25) is 0 Å². The second-order valence-electron chi connectivity index (χ2n) is 4.78. The van der Waals surface area contributed by atoms with E-state index in [1.54, 1.807) is 0 Å². The molecule has 0 saturated carbocycles. The zero-order chi connectivity index (χ0) is 13.8. The first-order chi connectivity index (χ1) is 9.11. The first-order valence-electron chi connectivity index (χ1n) is 6.55. The topological polar surface area (TPSA) is 81.5 Å². The number of rotatable bonds is 2. The third-order valence-corrected chi connectivity index (χ3v) is 3.53. The summed E-state index contributed by atoms with van der Waals surface area (Å²) in [7, 11) is 0. The zero-order valence-electron chi connectivity index (χ0n) is 11.1. The van der Waals surface area contributed by atoms with Gasteiger partial charge in [-0.1, -0.05) is 31.2 Å². The Morgan fingerprint density at radius 3 is 2.79 bits per heavy atom. The van der Waals surface area contributed by atoms with Gasteiger partial charge >= 0.3 is 0 Å². The minimum atomic E-state index is -0.327. The van der Waals surface area contributed by atoms with Gasteiger partial charge in [-0.05, 0) is 42.4 Å². The van der Waals surface area contributed by atoms with Crippen LogP contribution in [0.25, 0.3) is 6.08 Å². The molecule has 1 amide bonds. The lowest BCUT2D eigenvalue weighted by Crippen LogP contribution is -2.24. The Kier molecular flexibility index (Phi) is 4.00. The van der Waals surface area contributed by atoms with Crippen molar-refractivity contribution in [3.63, 3.8) is 0 Å². The van der Waals surface area contributed by atoms with E-state index >= 15 is 0 Å². The van der Waals surface area contributed by atoms with Crippen LogP contribution in [0.15, 0.2) is 34.8 Å². The molecule has 0 aliphatic heterocycles. The fourth-order valence-corrected chi connectivity index (χ4v) is 2.54. The molecule has 0 heterocycles. The number of nitrogens with two attached hydrogens (primary N) is 2. The lowest BCUT2D eigenvalue weighted by Gasteiger charge is -2.14. The Balaban J connectivity index is 2.39. The van der Waals surface area contributed by atoms with Gasteiger partial charge in [0.2, 0.25) is 0 Å². The summed E-state index contributed by atoms with van der Waals surface area (Å²) in [4.78, 5) is 15.6. The van der Waals surface area contributed by atoms with Crippen LogP contribution in [0.5, 0.6) is 0 Å². The van der Waals surface area contributed by atoms with Crippen molar-refractivity contribution in [2.24, 2.45) is 16.5 Å². The molecule has 1 unspecified atom stereocenters. The van der Waals surface area contributed by atoms with Gasteiger partial charge in [0.05, 0.1) is 0 Å². The Bertz CT molecular complexity index is 542. The molecule has 19 heavy (non-hydrogen) atoms. The normalized spacial score (nSPS) is 17.9. The Morgan fingerprint density at radius 2 is 2.11 bits per heavy atom. The third-order valence-electron chi connectivity index (χ3n) is 3.53. The highest BCUT2D eigenvalue weighted by Gasteiger charge is 2.20. The number of guanidine groups is 1. The number of fused-ring (bicyclic) bond motifs is 1. The van der Waals surface area contributed by atoms with Crippen molar-refractivity contribution in [3.05, 3.63) is 41.0 Å². The van der Waals surface area contributed by atoms with E-state index in [-0.39, 0.29) is 11.9 Å². The Morgan fingerprint density at radius 1 is 1.37 bits per heavy atom. The number of nitrogens with zero attached hydrogens (tertiary/aromatic N) is 1. The van der Waals surface area contributed by atoms with Gasteiger partial charge in [0, 0.05) is 5.57 Å². The monoisotopic (exact) mass is 257 g/mol. The summed E-state index contributed by atoms with van der Waals surface area (Å²) in [5, 5.41) is 0. The molecule has 1 aliphatic rings. The summed E-state index contributed by atoms with van der Waals surface area (Å²) >= 11 is 0. The molecular formula is C15H19N3O. The minimum absolute atomic E-state index is 0.185. The molecule has 1 aliphatic carbocycles. The molecule has 1 aromatic rings. The van der Waals surface area contributed by atoms with Crippen molar-refractivity contribution < 1.29 is 4.79 Å². The molecule has 1 aromatic carbocycles. The maximum absolute atomic E-state index is 12.0.